The Kier molecular flexibility index (Phi) is 3.64. The van der Waals surface area contributed by atoms with Crippen LogP contribution < -0.4 is 0 Å². The Labute approximate surface area is 324 Å². The Morgan fingerprint density at radius 2 is 0.784 bits per heavy atom. The van der Waals surface area contributed by atoms with E-state index in [0.717, 1.165) is 0 Å². The lowest BCUT2D eigenvalue weighted by molar-refractivity contribution is 0.670. The van der Waals surface area contributed by atoms with E-state index in [4.69, 9.17) is 26.3 Å². The maximum Gasteiger partial charge on any atom is 0.143 e. The Hall–Kier alpha value is -6.70. The fourth-order valence-electron chi connectivity index (χ4n) is 6.81. The van der Waals surface area contributed by atoms with Gasteiger partial charge in [-0.25, -0.2) is 0 Å². The van der Waals surface area contributed by atoms with Gasteiger partial charge in [-0.3, -0.25) is 0 Å². The molecule has 0 fully saturated rings. The first-order valence-corrected chi connectivity index (χ1v) is 15.9. The second kappa shape index (κ2) is 12.0. The van der Waals surface area contributed by atoms with Gasteiger partial charge >= 0.3 is 0 Å². The largest absolute Gasteiger partial charge is 0.455 e. The van der Waals surface area contributed by atoms with Crippen LogP contribution in [0.4, 0.5) is 0 Å². The van der Waals surface area contributed by atoms with Crippen LogP contribution in [-0.2, 0) is 0 Å². The molecule has 1 aromatic heterocycles. The lowest BCUT2D eigenvalue weighted by Gasteiger charge is -2.19. The number of benzene rings is 9. The number of rotatable bonds is 5. The lowest BCUT2D eigenvalue weighted by Crippen LogP contribution is -1.92. The molecule has 0 spiro atoms. The van der Waals surface area contributed by atoms with Crippen LogP contribution in [0.2, 0.25) is 0 Å². The molecule has 51 heavy (non-hydrogen) atoms. The number of para-hydroxylation sites is 1. The fraction of sp³-hybridized carbons (Fsp3) is 0. The predicted molar refractivity (Wildman–Crippen MR) is 216 cm³/mol. The van der Waals surface area contributed by atoms with Gasteiger partial charge in [-0.2, -0.15) is 0 Å². The van der Waals surface area contributed by atoms with Gasteiger partial charge in [0.15, 0.2) is 0 Å². The molecule has 0 unspecified atom stereocenters. The highest BCUT2D eigenvalue weighted by atomic mass is 16.3. The molecule has 0 aliphatic heterocycles. The van der Waals surface area contributed by atoms with Gasteiger partial charge < -0.3 is 4.42 Å². The topological polar surface area (TPSA) is 13.1 Å². The third-order valence-electron chi connectivity index (χ3n) is 9.01. The summed E-state index contributed by atoms with van der Waals surface area (Å²) in [4.78, 5) is 0. The highest BCUT2D eigenvalue weighted by Gasteiger charge is 2.19. The molecule has 0 aliphatic carbocycles. The average Bonchev–Trinajstić information content (AvgIpc) is 3.75. The van der Waals surface area contributed by atoms with Gasteiger partial charge in [0.05, 0.1) is 27.4 Å². The summed E-state index contributed by atoms with van der Waals surface area (Å²) in [5, 5.41) is 1.91. The zero-order valence-corrected chi connectivity index (χ0v) is 26.3. The smallest absolute Gasteiger partial charge is 0.143 e. The van der Waals surface area contributed by atoms with E-state index >= 15 is 0 Å². The summed E-state index contributed by atoms with van der Waals surface area (Å²) in [7, 11) is 0. The van der Waals surface area contributed by atoms with Crippen LogP contribution in [0.5, 0.6) is 0 Å². The Morgan fingerprint density at radius 3 is 1.33 bits per heavy atom. The minimum Gasteiger partial charge on any atom is -0.455 e. The van der Waals surface area contributed by atoms with Crippen molar-refractivity contribution in [3.63, 3.8) is 0 Å². The van der Waals surface area contributed by atoms with E-state index < -0.39 is 121 Å². The predicted octanol–water partition coefficient (Wildman–Crippen LogP) is 14.2. The van der Waals surface area contributed by atoms with Gasteiger partial charge in [0, 0.05) is 16.3 Å². The highest BCUT2D eigenvalue weighted by Crippen LogP contribution is 2.46. The van der Waals surface area contributed by atoms with Crippen LogP contribution in [0.1, 0.15) is 27.4 Å². The van der Waals surface area contributed by atoms with Crippen molar-refractivity contribution in [2.75, 3.05) is 0 Å². The van der Waals surface area contributed by atoms with E-state index in [1.165, 1.54) is 18.2 Å². The summed E-state index contributed by atoms with van der Waals surface area (Å²) in [6.07, 6.45) is 0. The molecule has 10 aromatic rings. The molecular weight excluding hydrogens is 617 g/mol. The zero-order chi connectivity index (χ0) is 51.1. The molecule has 238 valence electrons. The Balaban J connectivity index is 1.33. The first-order valence-electron chi connectivity index (χ1n) is 25.9. The molecular formula is C50H32O. The molecule has 0 saturated carbocycles. The fourth-order valence-corrected chi connectivity index (χ4v) is 6.81. The van der Waals surface area contributed by atoms with Crippen LogP contribution in [0.25, 0.3) is 99.1 Å². The van der Waals surface area contributed by atoms with Crippen molar-refractivity contribution < 1.29 is 31.8 Å². The minimum absolute atomic E-state index is 0.0434. The molecule has 0 atom stereocenters. The Morgan fingerprint density at radius 1 is 0.333 bits per heavy atom. The average molecular weight is 669 g/mol. The molecule has 9 aromatic carbocycles. The van der Waals surface area contributed by atoms with E-state index in [9.17, 15) is 5.48 Å². The maximum absolute atomic E-state index is 9.21. The molecule has 0 N–H and O–H groups in total. The summed E-state index contributed by atoms with van der Waals surface area (Å²) in [5.41, 5.74) is 1.39. The number of hydrogen-bond donors (Lipinski definition) is 0. The standard InChI is InChI=1S/C50H32O/c1-5-14-33(15-6-1)37-25-28-42-45(30-37)48(35-18-9-3-10-19-35)43-29-26-38(31-46(43)49(42)36-20-11-4-12-21-36)39-24-27-41-44-23-13-22-40(34-16-7-2-8-17-34)50(44)51-47(41)32-39/h1-32H/i1D,2D,3D,4D,5D,6D,7D,8D,9D,10D,11D,12D,14D,15D,16D,17D,18D,19D,20D,21D. The summed E-state index contributed by atoms with van der Waals surface area (Å²) in [5.74, 6) is 0. The molecule has 0 bridgehead atoms. The van der Waals surface area contributed by atoms with Crippen molar-refractivity contribution in [2.24, 2.45) is 0 Å². The van der Waals surface area contributed by atoms with Crippen molar-refractivity contribution in [3.8, 4) is 55.6 Å². The van der Waals surface area contributed by atoms with Crippen LogP contribution in [0.15, 0.2) is 198 Å². The summed E-state index contributed by atoms with van der Waals surface area (Å²) < 4.78 is 179. The zero-order valence-electron chi connectivity index (χ0n) is 46.3. The van der Waals surface area contributed by atoms with Gasteiger partial charge in [0.1, 0.15) is 11.2 Å². The van der Waals surface area contributed by atoms with Crippen molar-refractivity contribution in [2.45, 2.75) is 0 Å². The quantitative estimate of drug-likeness (QED) is 0.166. The van der Waals surface area contributed by atoms with E-state index in [0.29, 0.717) is 27.5 Å². The SMILES string of the molecule is [2H]c1c([2H])c([2H])c(-c2ccc3c(-c4c([2H])c([2H])c([2H])c([2H])c4[2H])c4cc(-c5ccc6c(c5)oc5c(-c7c([2H])c([2H])c([2H])c([2H])c7[2H])cccc56)ccc4c(-c4c([2H])c([2H])c([2H])c([2H])c4[2H])c3c2)c([2H])c1[2H]. The van der Waals surface area contributed by atoms with E-state index in [-0.39, 0.29) is 71.6 Å². The highest BCUT2D eigenvalue weighted by molar-refractivity contribution is 6.22. The Bertz CT molecular complexity index is 3950. The van der Waals surface area contributed by atoms with Gasteiger partial charge in [-0.05, 0) is 95.9 Å². The number of hydrogen-bond acceptors (Lipinski definition) is 1. The van der Waals surface area contributed by atoms with Crippen LogP contribution in [0, 0.1) is 0 Å². The molecule has 0 aliphatic rings. The first-order chi connectivity index (χ1) is 33.6. The number of fused-ring (bicyclic) bond motifs is 5. The second-order valence-electron chi connectivity index (χ2n) is 11.8. The van der Waals surface area contributed by atoms with E-state index in [2.05, 4.69) is 0 Å². The normalized spacial score (nSPS) is 17.0. The van der Waals surface area contributed by atoms with Crippen molar-refractivity contribution in [1.29, 1.82) is 0 Å². The van der Waals surface area contributed by atoms with Gasteiger partial charge in [0.2, 0.25) is 0 Å². The second-order valence-corrected chi connectivity index (χ2v) is 11.8. The minimum atomic E-state index is -0.670. The molecule has 0 saturated heterocycles. The van der Waals surface area contributed by atoms with Crippen LogP contribution in [0.3, 0.4) is 0 Å². The summed E-state index contributed by atoms with van der Waals surface area (Å²) in [6.45, 7) is 0. The lowest BCUT2D eigenvalue weighted by atomic mass is 9.84. The van der Waals surface area contributed by atoms with E-state index in [1.54, 1.807) is 54.6 Å². The third-order valence-corrected chi connectivity index (χ3v) is 9.01. The van der Waals surface area contributed by atoms with E-state index in [1.807, 2.05) is 0 Å². The van der Waals surface area contributed by atoms with Crippen molar-refractivity contribution >= 4 is 43.5 Å². The first kappa shape index (κ1) is 15.5. The van der Waals surface area contributed by atoms with Crippen LogP contribution in [-0.4, -0.2) is 0 Å². The maximum atomic E-state index is 9.21. The molecule has 0 radical (unpaired) electrons. The molecule has 1 heteroatoms. The molecule has 10 rings (SSSR count). The van der Waals surface area contributed by atoms with Crippen LogP contribution >= 0.6 is 0 Å². The summed E-state index contributed by atoms with van der Waals surface area (Å²) in [6, 6.07) is 8.08. The van der Waals surface area contributed by atoms with Gasteiger partial charge in [0.25, 0.3) is 0 Å². The van der Waals surface area contributed by atoms with Crippen molar-refractivity contribution in [3.05, 3.63) is 194 Å². The van der Waals surface area contributed by atoms with Gasteiger partial charge in [-0.1, -0.05) is 169 Å². The third kappa shape index (κ3) is 4.94. The van der Waals surface area contributed by atoms with Crippen molar-refractivity contribution in [1.82, 2.24) is 0 Å². The number of furan rings is 1. The monoisotopic (exact) mass is 668 g/mol. The van der Waals surface area contributed by atoms with Gasteiger partial charge in [-0.15, -0.1) is 0 Å². The molecule has 0 amide bonds. The molecule has 1 heterocycles. The summed E-state index contributed by atoms with van der Waals surface area (Å²) >= 11 is 0. The molecule has 1 nitrogen and oxygen atoms in total.